The highest BCUT2D eigenvalue weighted by molar-refractivity contribution is 5.96. The normalized spacial score (nSPS) is 19.4. The number of fused-ring (bicyclic) bond motifs is 1. The van der Waals surface area contributed by atoms with Crippen molar-refractivity contribution in [2.45, 2.75) is 45.8 Å². The number of hydrogen-bond acceptors (Lipinski definition) is 7. The molecule has 0 aromatic carbocycles. The fourth-order valence-corrected chi connectivity index (χ4v) is 4.45. The number of amides is 1. The number of carbonyl (C=O) groups is 1. The van der Waals surface area contributed by atoms with Crippen molar-refractivity contribution < 1.29 is 4.79 Å². The van der Waals surface area contributed by atoms with E-state index in [-0.39, 0.29) is 23.3 Å². The summed E-state index contributed by atoms with van der Waals surface area (Å²) in [4.78, 5) is 39.9. The Balaban J connectivity index is 1.51. The summed E-state index contributed by atoms with van der Waals surface area (Å²) in [5.41, 5.74) is 15.9. The maximum absolute atomic E-state index is 12.2. The van der Waals surface area contributed by atoms with Crippen LogP contribution in [0.2, 0.25) is 0 Å². The van der Waals surface area contributed by atoms with Gasteiger partial charge in [-0.1, -0.05) is 6.92 Å². The van der Waals surface area contributed by atoms with Gasteiger partial charge >= 0.3 is 0 Å². The highest BCUT2D eigenvalue weighted by Gasteiger charge is 2.30. The number of rotatable bonds is 5. The molecule has 0 saturated carbocycles. The lowest BCUT2D eigenvalue weighted by molar-refractivity contribution is 0.0996. The molecule has 1 saturated heterocycles. The van der Waals surface area contributed by atoms with E-state index < -0.39 is 5.91 Å². The van der Waals surface area contributed by atoms with Gasteiger partial charge in [0.05, 0.1) is 28.6 Å². The topological polar surface area (TPSA) is 134 Å². The molecule has 5 N–H and O–H groups in total. The van der Waals surface area contributed by atoms with E-state index in [1.54, 1.807) is 12.3 Å². The number of aromatic nitrogens is 3. The zero-order chi connectivity index (χ0) is 23.0. The van der Waals surface area contributed by atoms with Crippen LogP contribution in [0.5, 0.6) is 0 Å². The van der Waals surface area contributed by atoms with Gasteiger partial charge < -0.3 is 21.4 Å². The van der Waals surface area contributed by atoms with Crippen LogP contribution in [-0.4, -0.2) is 50.9 Å². The largest absolute Gasteiger partial charge is 0.397 e. The lowest BCUT2D eigenvalue weighted by atomic mass is 10.1. The smallest absolute Gasteiger partial charge is 0.269 e. The fraction of sp³-hybridized carbons (Fsp3) is 0.391. The third-order valence-corrected chi connectivity index (χ3v) is 6.17. The van der Waals surface area contributed by atoms with Crippen LogP contribution in [0, 0.1) is 0 Å². The molecule has 0 bridgehead atoms. The molecule has 0 radical (unpaired) electrons. The van der Waals surface area contributed by atoms with E-state index in [1.165, 1.54) is 0 Å². The van der Waals surface area contributed by atoms with Crippen molar-refractivity contribution in [2.24, 2.45) is 5.73 Å². The second-order valence-corrected chi connectivity index (χ2v) is 8.52. The zero-order valence-corrected chi connectivity index (χ0v) is 18.6. The number of H-pyrrole nitrogens is 1. The number of carbonyl (C=O) groups excluding carboxylic acids is 1. The Morgan fingerprint density at radius 1 is 1.16 bits per heavy atom. The standard InChI is InChI=1S/C23H29N7O2/c1-4-16-6-19-20(28-23(16)32)5-15(8-26-19)12-30-13(2)10-29(11-14(30)3)17-7-18(24)21(22(25)31)27-9-17/h5-9,13-14H,4,10-12,24H2,1-3H3,(H2,25,31)(H,28,32)/t13-,14+. The number of aromatic amines is 1. The highest BCUT2D eigenvalue weighted by Crippen LogP contribution is 2.26. The maximum atomic E-state index is 12.2. The number of nitrogens with one attached hydrogen (secondary N) is 1. The van der Waals surface area contributed by atoms with Crippen molar-refractivity contribution in [3.63, 3.8) is 0 Å². The second kappa shape index (κ2) is 8.58. The first-order valence-corrected chi connectivity index (χ1v) is 10.8. The Hall–Kier alpha value is -3.46. The van der Waals surface area contributed by atoms with Crippen molar-refractivity contribution in [3.05, 3.63) is 57.8 Å². The molecule has 1 fully saturated rings. The van der Waals surface area contributed by atoms with Crippen LogP contribution >= 0.6 is 0 Å². The first kappa shape index (κ1) is 21.8. The van der Waals surface area contributed by atoms with Crippen LogP contribution in [0.15, 0.2) is 35.4 Å². The van der Waals surface area contributed by atoms with Crippen LogP contribution in [0.4, 0.5) is 11.4 Å². The molecule has 9 nitrogen and oxygen atoms in total. The molecule has 0 aliphatic carbocycles. The Kier molecular flexibility index (Phi) is 5.84. The van der Waals surface area contributed by atoms with E-state index >= 15 is 0 Å². The van der Waals surface area contributed by atoms with Gasteiger partial charge in [0, 0.05) is 43.5 Å². The Labute approximate surface area is 186 Å². The van der Waals surface area contributed by atoms with E-state index in [2.05, 4.69) is 38.6 Å². The number of anilines is 2. The monoisotopic (exact) mass is 435 g/mol. The summed E-state index contributed by atoms with van der Waals surface area (Å²) in [6, 6.07) is 6.16. The molecule has 0 unspecified atom stereocenters. The number of nitrogen functional groups attached to an aromatic ring is 1. The van der Waals surface area contributed by atoms with Gasteiger partial charge in [-0.05, 0) is 44.0 Å². The van der Waals surface area contributed by atoms with E-state index in [1.807, 2.05) is 25.3 Å². The van der Waals surface area contributed by atoms with Crippen molar-refractivity contribution in [2.75, 3.05) is 23.7 Å². The van der Waals surface area contributed by atoms with E-state index in [0.29, 0.717) is 12.1 Å². The molecule has 0 spiro atoms. The lowest BCUT2D eigenvalue weighted by Gasteiger charge is -2.45. The summed E-state index contributed by atoms with van der Waals surface area (Å²) >= 11 is 0. The second-order valence-electron chi connectivity index (χ2n) is 8.52. The van der Waals surface area contributed by atoms with Crippen LogP contribution < -0.4 is 21.9 Å². The summed E-state index contributed by atoms with van der Waals surface area (Å²) in [6.45, 7) is 8.64. The molecule has 4 heterocycles. The molecule has 9 heteroatoms. The maximum Gasteiger partial charge on any atom is 0.269 e. The van der Waals surface area contributed by atoms with E-state index in [4.69, 9.17) is 11.5 Å². The molecule has 1 aliphatic rings. The van der Waals surface area contributed by atoms with Crippen molar-refractivity contribution in [1.29, 1.82) is 0 Å². The minimum Gasteiger partial charge on any atom is -0.397 e. The summed E-state index contributed by atoms with van der Waals surface area (Å²) in [5.74, 6) is -0.628. The summed E-state index contributed by atoms with van der Waals surface area (Å²) < 4.78 is 0. The predicted octanol–water partition coefficient (Wildman–Crippen LogP) is 1.66. The van der Waals surface area contributed by atoms with Gasteiger partial charge in [-0.25, -0.2) is 4.98 Å². The first-order valence-electron chi connectivity index (χ1n) is 10.8. The number of pyridine rings is 3. The van der Waals surface area contributed by atoms with Gasteiger partial charge in [-0.15, -0.1) is 0 Å². The van der Waals surface area contributed by atoms with Crippen LogP contribution in [0.3, 0.4) is 0 Å². The predicted molar refractivity (Wildman–Crippen MR) is 126 cm³/mol. The SMILES string of the molecule is CCc1cc2ncc(CN3[C@H](C)CN(c4cnc(C(N)=O)c(N)c4)C[C@@H]3C)cc2[nH]c1=O. The average Bonchev–Trinajstić information content (AvgIpc) is 2.75. The van der Waals surface area contributed by atoms with Gasteiger partial charge in [-0.2, -0.15) is 0 Å². The van der Waals surface area contributed by atoms with Gasteiger partial charge in [0.15, 0.2) is 5.69 Å². The fourth-order valence-electron chi connectivity index (χ4n) is 4.45. The van der Waals surface area contributed by atoms with Crippen molar-refractivity contribution in [1.82, 2.24) is 19.9 Å². The Morgan fingerprint density at radius 3 is 2.50 bits per heavy atom. The van der Waals surface area contributed by atoms with Gasteiger partial charge in [0.25, 0.3) is 11.5 Å². The summed E-state index contributed by atoms with van der Waals surface area (Å²) in [7, 11) is 0. The van der Waals surface area contributed by atoms with Crippen LogP contribution in [0.1, 0.15) is 42.4 Å². The van der Waals surface area contributed by atoms with Crippen molar-refractivity contribution >= 4 is 28.3 Å². The highest BCUT2D eigenvalue weighted by atomic mass is 16.1. The number of nitrogens with two attached hydrogens (primary N) is 2. The molecule has 1 aliphatic heterocycles. The lowest BCUT2D eigenvalue weighted by Crippen LogP contribution is -2.56. The Morgan fingerprint density at radius 2 is 1.88 bits per heavy atom. The molecule has 4 rings (SSSR count). The van der Waals surface area contributed by atoms with Crippen molar-refractivity contribution in [3.8, 4) is 0 Å². The summed E-state index contributed by atoms with van der Waals surface area (Å²) in [6.07, 6.45) is 4.22. The van der Waals surface area contributed by atoms with Crippen LogP contribution in [-0.2, 0) is 13.0 Å². The first-order chi connectivity index (χ1) is 15.3. The molecule has 168 valence electrons. The number of nitrogens with zero attached hydrogens (tertiary/aromatic N) is 4. The van der Waals surface area contributed by atoms with Gasteiger partial charge in [-0.3, -0.25) is 19.5 Å². The van der Waals surface area contributed by atoms with Gasteiger partial charge in [0.2, 0.25) is 0 Å². The zero-order valence-electron chi connectivity index (χ0n) is 18.6. The third kappa shape index (κ3) is 4.16. The van der Waals surface area contributed by atoms with Crippen LogP contribution in [0.25, 0.3) is 11.0 Å². The summed E-state index contributed by atoms with van der Waals surface area (Å²) in [5, 5.41) is 0. The molecule has 3 aromatic heterocycles. The third-order valence-electron chi connectivity index (χ3n) is 6.17. The molecular weight excluding hydrogens is 406 g/mol. The van der Waals surface area contributed by atoms with Gasteiger partial charge in [0.1, 0.15) is 0 Å². The number of piperazine rings is 1. The molecule has 3 aromatic rings. The quantitative estimate of drug-likeness (QED) is 0.555. The number of aryl methyl sites for hydroxylation is 1. The van der Waals surface area contributed by atoms with E-state index in [0.717, 1.165) is 47.5 Å². The minimum atomic E-state index is -0.628. The number of primary amides is 1. The number of hydrogen-bond donors (Lipinski definition) is 3. The van der Waals surface area contributed by atoms with E-state index in [9.17, 15) is 9.59 Å². The molecule has 32 heavy (non-hydrogen) atoms. The molecule has 1 amide bonds. The Bertz CT molecular complexity index is 1210. The average molecular weight is 436 g/mol. The molecule has 2 atom stereocenters. The minimum absolute atomic E-state index is 0.0514. The molecular formula is C23H29N7O2.